The summed E-state index contributed by atoms with van der Waals surface area (Å²) in [5, 5.41) is 2.91. The third-order valence-electron chi connectivity index (χ3n) is 4.49. The van der Waals surface area contributed by atoms with Crippen molar-refractivity contribution in [3.05, 3.63) is 65.2 Å². The number of anilines is 1. The van der Waals surface area contributed by atoms with Crippen LogP contribution in [0.25, 0.3) is 0 Å². The Hall–Kier alpha value is -2.70. The average molecular weight is 398 g/mol. The van der Waals surface area contributed by atoms with Gasteiger partial charge in [-0.15, -0.1) is 0 Å². The summed E-state index contributed by atoms with van der Waals surface area (Å²) in [6, 6.07) is 15.6. The lowest BCUT2D eigenvalue weighted by molar-refractivity contribution is -0.122. The number of amides is 2. The van der Waals surface area contributed by atoms with Crippen molar-refractivity contribution in [2.24, 2.45) is 0 Å². The Bertz CT molecular complexity index is 803. The van der Waals surface area contributed by atoms with E-state index in [1.807, 2.05) is 68.4 Å². The molecule has 29 heavy (non-hydrogen) atoms. The van der Waals surface area contributed by atoms with E-state index in [-0.39, 0.29) is 18.4 Å². The van der Waals surface area contributed by atoms with Gasteiger partial charge in [0.2, 0.25) is 5.91 Å². The molecule has 6 nitrogen and oxygen atoms in total. The quantitative estimate of drug-likeness (QED) is 0.669. The molecule has 0 bridgehead atoms. The van der Waals surface area contributed by atoms with E-state index in [1.165, 1.54) is 7.11 Å². The topological polar surface area (TPSA) is 61.9 Å². The molecule has 0 radical (unpaired) electrons. The van der Waals surface area contributed by atoms with E-state index in [9.17, 15) is 9.59 Å². The third kappa shape index (κ3) is 7.68. The second-order valence-electron chi connectivity index (χ2n) is 7.40. The number of hydrogen-bond donors (Lipinski definition) is 1. The van der Waals surface area contributed by atoms with Crippen LogP contribution >= 0.6 is 0 Å². The molecular formula is C23H31N3O3. The first-order valence-electron chi connectivity index (χ1n) is 9.74. The molecule has 1 N–H and O–H groups in total. The fraction of sp³-hybridized carbons (Fsp3) is 0.391. The van der Waals surface area contributed by atoms with Gasteiger partial charge in [0.25, 0.3) is 5.91 Å². The minimum atomic E-state index is -0.108. The van der Waals surface area contributed by atoms with Crippen molar-refractivity contribution in [1.82, 2.24) is 10.2 Å². The molecule has 0 unspecified atom stereocenters. The minimum absolute atomic E-state index is 0.00771. The van der Waals surface area contributed by atoms with Crippen molar-refractivity contribution in [1.29, 1.82) is 0 Å². The number of methoxy groups -OCH3 is 1. The van der Waals surface area contributed by atoms with Crippen molar-refractivity contribution in [3.63, 3.8) is 0 Å². The third-order valence-corrected chi connectivity index (χ3v) is 4.49. The normalized spacial score (nSPS) is 10.8. The monoisotopic (exact) mass is 397 g/mol. The maximum atomic E-state index is 12.6. The first-order valence-corrected chi connectivity index (χ1v) is 9.74. The van der Waals surface area contributed by atoms with Crippen LogP contribution in [0.4, 0.5) is 5.69 Å². The Labute approximate surface area is 173 Å². The van der Waals surface area contributed by atoms with Crippen LogP contribution < -0.4 is 10.2 Å². The number of carbonyl (C=O) groups is 2. The Kier molecular flexibility index (Phi) is 8.83. The predicted molar refractivity (Wildman–Crippen MR) is 116 cm³/mol. The Balaban J connectivity index is 2.07. The first kappa shape index (κ1) is 22.6. The summed E-state index contributed by atoms with van der Waals surface area (Å²) in [4.78, 5) is 28.4. The number of likely N-dealkylation sites (N-methyl/N-ethyl adjacent to an activating group) is 1. The van der Waals surface area contributed by atoms with Gasteiger partial charge in [0.05, 0.1) is 13.0 Å². The SMILES string of the molecule is COCC(=O)N(Cc1cccc(C)c1)c1ccc(CC(=O)NCCN(C)C)cc1. The number of benzene rings is 2. The molecule has 0 spiro atoms. The van der Waals surface area contributed by atoms with E-state index in [4.69, 9.17) is 4.74 Å². The van der Waals surface area contributed by atoms with Crippen LogP contribution in [-0.2, 0) is 27.3 Å². The number of carbonyl (C=O) groups excluding carboxylic acids is 2. The van der Waals surface area contributed by atoms with Gasteiger partial charge in [-0.3, -0.25) is 9.59 Å². The van der Waals surface area contributed by atoms with Crippen LogP contribution in [0.1, 0.15) is 16.7 Å². The lowest BCUT2D eigenvalue weighted by atomic mass is 10.1. The molecular weight excluding hydrogens is 366 g/mol. The van der Waals surface area contributed by atoms with E-state index in [1.54, 1.807) is 4.90 Å². The highest BCUT2D eigenvalue weighted by molar-refractivity contribution is 5.94. The molecule has 0 fully saturated rings. The zero-order chi connectivity index (χ0) is 21.2. The van der Waals surface area contributed by atoms with Gasteiger partial charge in [-0.2, -0.15) is 0 Å². The molecule has 156 valence electrons. The minimum Gasteiger partial charge on any atom is -0.375 e. The highest BCUT2D eigenvalue weighted by Crippen LogP contribution is 2.19. The summed E-state index contributed by atoms with van der Waals surface area (Å²) in [6.07, 6.45) is 0.317. The Morgan fingerprint density at radius 2 is 1.76 bits per heavy atom. The smallest absolute Gasteiger partial charge is 0.253 e. The van der Waals surface area contributed by atoms with Gasteiger partial charge < -0.3 is 19.9 Å². The average Bonchev–Trinajstić information content (AvgIpc) is 2.67. The molecule has 0 saturated heterocycles. The number of hydrogen-bond acceptors (Lipinski definition) is 4. The lowest BCUT2D eigenvalue weighted by Gasteiger charge is -2.23. The molecule has 0 saturated carbocycles. The maximum absolute atomic E-state index is 12.6. The zero-order valence-corrected chi connectivity index (χ0v) is 17.8. The van der Waals surface area contributed by atoms with Crippen molar-refractivity contribution in [3.8, 4) is 0 Å². The van der Waals surface area contributed by atoms with Gasteiger partial charge in [0.1, 0.15) is 6.61 Å². The molecule has 2 aromatic carbocycles. The summed E-state index contributed by atoms with van der Waals surface area (Å²) >= 11 is 0. The van der Waals surface area contributed by atoms with E-state index in [0.29, 0.717) is 19.5 Å². The lowest BCUT2D eigenvalue weighted by Crippen LogP contribution is -2.33. The van der Waals surface area contributed by atoms with E-state index < -0.39 is 0 Å². The molecule has 0 aliphatic heterocycles. The summed E-state index contributed by atoms with van der Waals surface area (Å²) < 4.78 is 5.05. The zero-order valence-electron chi connectivity index (χ0n) is 17.8. The Morgan fingerprint density at radius 1 is 1.03 bits per heavy atom. The summed E-state index contributed by atoms with van der Waals surface area (Å²) in [5.74, 6) is -0.116. The van der Waals surface area contributed by atoms with Gasteiger partial charge in [0.15, 0.2) is 0 Å². The van der Waals surface area contributed by atoms with Crippen LogP contribution in [0.2, 0.25) is 0 Å². The van der Waals surface area contributed by atoms with E-state index in [2.05, 4.69) is 11.4 Å². The fourth-order valence-corrected chi connectivity index (χ4v) is 2.98. The van der Waals surface area contributed by atoms with Gasteiger partial charge in [0, 0.05) is 25.9 Å². The summed E-state index contributed by atoms with van der Waals surface area (Å²) in [6.45, 7) is 3.94. The van der Waals surface area contributed by atoms with Crippen LogP contribution in [-0.4, -0.2) is 57.6 Å². The van der Waals surface area contributed by atoms with E-state index in [0.717, 1.165) is 28.9 Å². The molecule has 0 aromatic heterocycles. The molecule has 0 atom stereocenters. The van der Waals surface area contributed by atoms with Crippen LogP contribution in [0.5, 0.6) is 0 Å². The fourth-order valence-electron chi connectivity index (χ4n) is 2.98. The highest BCUT2D eigenvalue weighted by atomic mass is 16.5. The Morgan fingerprint density at radius 3 is 2.38 bits per heavy atom. The molecule has 0 aliphatic carbocycles. The standard InChI is InChI=1S/C23H31N3O3/c1-18-6-5-7-20(14-18)16-26(23(28)17-29-4)21-10-8-19(9-11-21)15-22(27)24-12-13-25(2)3/h5-11,14H,12-13,15-17H2,1-4H3,(H,24,27). The maximum Gasteiger partial charge on any atom is 0.253 e. The van der Waals surface area contributed by atoms with Crippen molar-refractivity contribution in [2.45, 2.75) is 19.9 Å². The first-order chi connectivity index (χ1) is 13.9. The van der Waals surface area contributed by atoms with Crippen LogP contribution in [0.15, 0.2) is 48.5 Å². The molecule has 0 aliphatic rings. The van der Waals surface area contributed by atoms with Gasteiger partial charge in [-0.25, -0.2) is 0 Å². The molecule has 2 aromatic rings. The second kappa shape index (κ2) is 11.3. The van der Waals surface area contributed by atoms with Gasteiger partial charge in [-0.1, -0.05) is 42.0 Å². The van der Waals surface area contributed by atoms with Gasteiger partial charge in [-0.05, 0) is 44.3 Å². The number of nitrogens with zero attached hydrogens (tertiary/aromatic N) is 2. The van der Waals surface area contributed by atoms with E-state index >= 15 is 0 Å². The summed E-state index contributed by atoms with van der Waals surface area (Å²) in [5.41, 5.74) is 3.90. The number of rotatable bonds is 10. The number of aryl methyl sites for hydroxylation is 1. The van der Waals surface area contributed by atoms with Crippen molar-refractivity contribution < 1.29 is 14.3 Å². The van der Waals surface area contributed by atoms with Crippen molar-refractivity contribution >= 4 is 17.5 Å². The number of nitrogens with one attached hydrogen (secondary N) is 1. The number of ether oxygens (including phenoxy) is 1. The van der Waals surface area contributed by atoms with Gasteiger partial charge >= 0.3 is 0 Å². The summed E-state index contributed by atoms with van der Waals surface area (Å²) in [7, 11) is 5.46. The molecule has 2 amide bonds. The largest absolute Gasteiger partial charge is 0.375 e. The van der Waals surface area contributed by atoms with Crippen LogP contribution in [0, 0.1) is 6.92 Å². The second-order valence-corrected chi connectivity index (χ2v) is 7.40. The van der Waals surface area contributed by atoms with Crippen LogP contribution in [0.3, 0.4) is 0 Å². The highest BCUT2D eigenvalue weighted by Gasteiger charge is 2.16. The molecule has 0 heterocycles. The molecule has 6 heteroatoms. The van der Waals surface area contributed by atoms with Crippen molar-refractivity contribution in [2.75, 3.05) is 45.8 Å². The molecule has 2 rings (SSSR count). The predicted octanol–water partition coefficient (Wildman–Crippen LogP) is 2.39.